The summed E-state index contributed by atoms with van der Waals surface area (Å²) in [6.07, 6.45) is 3.99. The average molecular weight is 189 g/mol. The molecular weight excluding hydrogens is 170 g/mol. The number of nitrogens with two attached hydrogens (primary N) is 1. The van der Waals surface area contributed by atoms with Crippen molar-refractivity contribution in [2.24, 2.45) is 11.7 Å². The standard InChI is InChI=1S/C13H19N/c1-10-4-2-5-11(8-10)13-7-3-6-12(13)9-14/h2,4-5,8,12-13H,3,6-7,9,14H2,1H3. The molecule has 2 N–H and O–H groups in total. The van der Waals surface area contributed by atoms with E-state index in [-0.39, 0.29) is 0 Å². The van der Waals surface area contributed by atoms with Gasteiger partial charge in [0, 0.05) is 0 Å². The zero-order valence-corrected chi connectivity index (χ0v) is 8.87. The van der Waals surface area contributed by atoms with E-state index in [1.54, 1.807) is 0 Å². The summed E-state index contributed by atoms with van der Waals surface area (Å²) < 4.78 is 0. The maximum atomic E-state index is 5.80. The molecule has 1 nitrogen and oxygen atoms in total. The molecule has 0 saturated heterocycles. The van der Waals surface area contributed by atoms with Crippen LogP contribution in [0.4, 0.5) is 0 Å². The van der Waals surface area contributed by atoms with Gasteiger partial charge in [-0.3, -0.25) is 0 Å². The smallest absolute Gasteiger partial charge is 0.00430 e. The lowest BCUT2D eigenvalue weighted by Gasteiger charge is -2.18. The molecule has 0 heterocycles. The molecule has 0 aliphatic heterocycles. The summed E-state index contributed by atoms with van der Waals surface area (Å²) in [5.74, 6) is 1.44. The van der Waals surface area contributed by atoms with Crippen molar-refractivity contribution in [3.05, 3.63) is 35.4 Å². The van der Waals surface area contributed by atoms with Crippen LogP contribution in [-0.4, -0.2) is 6.54 Å². The zero-order chi connectivity index (χ0) is 9.97. The third-order valence-electron chi connectivity index (χ3n) is 3.43. The highest BCUT2D eigenvalue weighted by Crippen LogP contribution is 2.38. The monoisotopic (exact) mass is 189 g/mol. The fraction of sp³-hybridized carbons (Fsp3) is 0.538. The van der Waals surface area contributed by atoms with Gasteiger partial charge in [0.25, 0.3) is 0 Å². The molecule has 0 aromatic heterocycles. The van der Waals surface area contributed by atoms with Crippen LogP contribution < -0.4 is 5.73 Å². The van der Waals surface area contributed by atoms with E-state index in [4.69, 9.17) is 5.73 Å². The third kappa shape index (κ3) is 1.83. The molecule has 0 bridgehead atoms. The first-order chi connectivity index (χ1) is 6.81. The maximum Gasteiger partial charge on any atom is -0.00430 e. The Morgan fingerprint density at radius 3 is 2.93 bits per heavy atom. The predicted molar refractivity (Wildman–Crippen MR) is 60.3 cm³/mol. The van der Waals surface area contributed by atoms with Crippen LogP contribution in [0.15, 0.2) is 24.3 Å². The Morgan fingerprint density at radius 1 is 1.36 bits per heavy atom. The number of benzene rings is 1. The normalized spacial score (nSPS) is 26.7. The van der Waals surface area contributed by atoms with Gasteiger partial charge < -0.3 is 5.73 Å². The molecule has 14 heavy (non-hydrogen) atoms. The Labute approximate surface area is 86.3 Å². The minimum absolute atomic E-state index is 0.719. The summed E-state index contributed by atoms with van der Waals surface area (Å²) in [5, 5.41) is 0. The highest BCUT2D eigenvalue weighted by atomic mass is 14.6. The molecule has 76 valence electrons. The van der Waals surface area contributed by atoms with Crippen LogP contribution in [0.25, 0.3) is 0 Å². The fourth-order valence-corrected chi connectivity index (χ4v) is 2.66. The van der Waals surface area contributed by atoms with Crippen molar-refractivity contribution in [3.8, 4) is 0 Å². The van der Waals surface area contributed by atoms with Gasteiger partial charge >= 0.3 is 0 Å². The van der Waals surface area contributed by atoms with Gasteiger partial charge in [0.2, 0.25) is 0 Å². The second-order valence-corrected chi connectivity index (χ2v) is 4.45. The quantitative estimate of drug-likeness (QED) is 0.760. The number of aryl methyl sites for hydroxylation is 1. The SMILES string of the molecule is Cc1cccc(C2CCCC2CN)c1. The second kappa shape index (κ2) is 4.14. The molecular formula is C13H19N. The molecule has 1 aromatic rings. The fourth-order valence-electron chi connectivity index (χ4n) is 2.66. The van der Waals surface area contributed by atoms with Crippen LogP contribution in [0.5, 0.6) is 0 Å². The first kappa shape index (κ1) is 9.72. The highest BCUT2D eigenvalue weighted by Gasteiger charge is 2.27. The summed E-state index contributed by atoms with van der Waals surface area (Å²) in [4.78, 5) is 0. The van der Waals surface area contributed by atoms with Crippen molar-refractivity contribution in [2.45, 2.75) is 32.1 Å². The largest absolute Gasteiger partial charge is 0.330 e. The van der Waals surface area contributed by atoms with Crippen LogP contribution in [0.2, 0.25) is 0 Å². The number of rotatable bonds is 2. The van der Waals surface area contributed by atoms with Gasteiger partial charge in [0.15, 0.2) is 0 Å². The summed E-state index contributed by atoms with van der Waals surface area (Å²) in [5.41, 5.74) is 8.66. The Kier molecular flexibility index (Phi) is 2.87. The summed E-state index contributed by atoms with van der Waals surface area (Å²) in [6, 6.07) is 8.90. The first-order valence-electron chi connectivity index (χ1n) is 5.58. The van der Waals surface area contributed by atoms with Crippen molar-refractivity contribution in [3.63, 3.8) is 0 Å². The minimum atomic E-state index is 0.719. The summed E-state index contributed by atoms with van der Waals surface area (Å²) in [7, 11) is 0. The average Bonchev–Trinajstić information content (AvgIpc) is 2.65. The number of hydrogen-bond acceptors (Lipinski definition) is 1. The van der Waals surface area contributed by atoms with Crippen LogP contribution in [0, 0.1) is 12.8 Å². The summed E-state index contributed by atoms with van der Waals surface area (Å²) >= 11 is 0. The van der Waals surface area contributed by atoms with E-state index in [1.165, 1.54) is 30.4 Å². The number of hydrogen-bond donors (Lipinski definition) is 1. The lowest BCUT2D eigenvalue weighted by molar-refractivity contribution is 0.496. The first-order valence-corrected chi connectivity index (χ1v) is 5.58. The van der Waals surface area contributed by atoms with E-state index in [2.05, 4.69) is 31.2 Å². The van der Waals surface area contributed by atoms with Crippen molar-refractivity contribution >= 4 is 0 Å². The van der Waals surface area contributed by atoms with Gasteiger partial charge in [-0.25, -0.2) is 0 Å². The van der Waals surface area contributed by atoms with E-state index >= 15 is 0 Å². The molecule has 2 unspecified atom stereocenters. The van der Waals surface area contributed by atoms with Gasteiger partial charge in [-0.15, -0.1) is 0 Å². The van der Waals surface area contributed by atoms with Crippen LogP contribution >= 0.6 is 0 Å². The van der Waals surface area contributed by atoms with E-state index < -0.39 is 0 Å². The Bertz CT molecular complexity index is 306. The van der Waals surface area contributed by atoms with Crippen LogP contribution in [-0.2, 0) is 0 Å². The van der Waals surface area contributed by atoms with Crippen molar-refractivity contribution in [2.75, 3.05) is 6.54 Å². The molecule has 1 aliphatic carbocycles. The van der Waals surface area contributed by atoms with E-state index in [0.29, 0.717) is 0 Å². The Morgan fingerprint density at radius 2 is 2.21 bits per heavy atom. The highest BCUT2D eigenvalue weighted by molar-refractivity contribution is 5.26. The molecule has 1 aliphatic rings. The van der Waals surface area contributed by atoms with Gasteiger partial charge in [-0.2, -0.15) is 0 Å². The van der Waals surface area contributed by atoms with Gasteiger partial charge in [-0.1, -0.05) is 36.2 Å². The van der Waals surface area contributed by atoms with E-state index in [9.17, 15) is 0 Å². The van der Waals surface area contributed by atoms with E-state index in [0.717, 1.165) is 18.4 Å². The van der Waals surface area contributed by atoms with Crippen molar-refractivity contribution in [1.82, 2.24) is 0 Å². The topological polar surface area (TPSA) is 26.0 Å². The molecule has 1 saturated carbocycles. The van der Waals surface area contributed by atoms with Gasteiger partial charge in [0.1, 0.15) is 0 Å². The molecule has 2 rings (SSSR count). The lowest BCUT2D eigenvalue weighted by atomic mass is 9.88. The molecule has 1 aromatic carbocycles. The lowest BCUT2D eigenvalue weighted by Crippen LogP contribution is -2.17. The zero-order valence-electron chi connectivity index (χ0n) is 8.87. The molecule has 0 radical (unpaired) electrons. The summed E-state index contributed by atoms with van der Waals surface area (Å²) in [6.45, 7) is 3.01. The van der Waals surface area contributed by atoms with Crippen molar-refractivity contribution < 1.29 is 0 Å². The van der Waals surface area contributed by atoms with Gasteiger partial charge in [-0.05, 0) is 43.7 Å². The molecule has 2 atom stereocenters. The van der Waals surface area contributed by atoms with Crippen LogP contribution in [0.1, 0.15) is 36.3 Å². The molecule has 0 spiro atoms. The third-order valence-corrected chi connectivity index (χ3v) is 3.43. The Balaban J connectivity index is 2.21. The second-order valence-electron chi connectivity index (χ2n) is 4.45. The minimum Gasteiger partial charge on any atom is -0.330 e. The molecule has 0 amide bonds. The molecule has 1 heteroatoms. The Hall–Kier alpha value is -0.820. The van der Waals surface area contributed by atoms with E-state index in [1.807, 2.05) is 0 Å². The van der Waals surface area contributed by atoms with Crippen molar-refractivity contribution in [1.29, 1.82) is 0 Å². The van der Waals surface area contributed by atoms with Gasteiger partial charge in [0.05, 0.1) is 0 Å². The molecule has 1 fully saturated rings. The van der Waals surface area contributed by atoms with Crippen LogP contribution in [0.3, 0.4) is 0 Å². The maximum absolute atomic E-state index is 5.80. The predicted octanol–water partition coefficient (Wildman–Crippen LogP) is 2.84.